The number of nitrogens with two attached hydrogens (primary N) is 1. The van der Waals surface area contributed by atoms with Crippen LogP contribution in [0.25, 0.3) is 0 Å². The summed E-state index contributed by atoms with van der Waals surface area (Å²) in [6, 6.07) is 6.36. The van der Waals surface area contributed by atoms with E-state index in [4.69, 9.17) is 5.14 Å². The highest BCUT2D eigenvalue weighted by Gasteiger charge is 2.05. The highest BCUT2D eigenvalue weighted by Crippen LogP contribution is 2.16. The fourth-order valence-corrected chi connectivity index (χ4v) is 2.28. The molecule has 0 unspecified atom stereocenters. The summed E-state index contributed by atoms with van der Waals surface area (Å²) in [7, 11) is -3.81. The zero-order valence-corrected chi connectivity index (χ0v) is 12.6. The van der Waals surface area contributed by atoms with E-state index in [2.05, 4.69) is 26.0 Å². The summed E-state index contributed by atoms with van der Waals surface area (Å²) in [6.45, 7) is 0. The van der Waals surface area contributed by atoms with Crippen molar-refractivity contribution in [3.05, 3.63) is 24.3 Å². The molecule has 0 heterocycles. The number of alkyl halides is 1. The van der Waals surface area contributed by atoms with Crippen LogP contribution in [0.4, 0.5) is 11.4 Å². The maximum atomic E-state index is 11.6. The number of anilines is 2. The Kier molecular flexibility index (Phi) is 6.26. The molecule has 0 spiro atoms. The molecule has 0 saturated carbocycles. The van der Waals surface area contributed by atoms with Crippen LogP contribution in [0.5, 0.6) is 0 Å². The molecule has 0 radical (unpaired) electrons. The van der Waals surface area contributed by atoms with E-state index in [0.717, 1.165) is 18.2 Å². The lowest BCUT2D eigenvalue weighted by molar-refractivity contribution is -0.116. The second kappa shape index (κ2) is 7.46. The van der Waals surface area contributed by atoms with Crippen molar-refractivity contribution in [3.63, 3.8) is 0 Å². The number of amides is 1. The summed E-state index contributed by atoms with van der Waals surface area (Å²) in [5, 5.41) is 8.44. The first kappa shape index (κ1) is 15.9. The Hall–Kier alpha value is -1.12. The second-order valence-corrected chi connectivity index (χ2v) is 6.01. The van der Waals surface area contributed by atoms with Crippen LogP contribution in [0.2, 0.25) is 0 Å². The van der Waals surface area contributed by atoms with E-state index in [9.17, 15) is 13.2 Å². The van der Waals surface area contributed by atoms with Crippen LogP contribution in [-0.4, -0.2) is 19.7 Å². The molecular formula is C11H16BrN3O3S. The number of halogens is 1. The maximum Gasteiger partial charge on any atom is 0.296 e. The molecule has 106 valence electrons. The van der Waals surface area contributed by atoms with Gasteiger partial charge in [0.2, 0.25) is 5.91 Å². The Morgan fingerprint density at radius 1 is 1.26 bits per heavy atom. The number of hydrogen-bond acceptors (Lipinski definition) is 3. The number of unbranched alkanes of at least 4 members (excludes halogenated alkanes) is 1. The van der Waals surface area contributed by atoms with Crippen LogP contribution in [0.1, 0.15) is 19.3 Å². The van der Waals surface area contributed by atoms with Gasteiger partial charge < -0.3 is 5.32 Å². The standard InChI is InChI=1S/C11H16BrN3O3S/c12-7-2-1-6-11(16)14-9-4-3-5-10(8-9)15-19(13,17)18/h3-5,8,15H,1-2,6-7H2,(H,14,16)(H2,13,17,18). The van der Waals surface area contributed by atoms with Gasteiger partial charge in [0.05, 0.1) is 5.69 Å². The molecule has 0 saturated heterocycles. The number of benzene rings is 1. The summed E-state index contributed by atoms with van der Waals surface area (Å²) in [4.78, 5) is 11.6. The minimum absolute atomic E-state index is 0.103. The van der Waals surface area contributed by atoms with Crippen LogP contribution in [0.3, 0.4) is 0 Å². The molecule has 1 rings (SSSR count). The first-order valence-electron chi connectivity index (χ1n) is 5.67. The fraction of sp³-hybridized carbons (Fsp3) is 0.364. The quantitative estimate of drug-likeness (QED) is 0.516. The number of nitrogens with one attached hydrogen (secondary N) is 2. The van der Waals surface area contributed by atoms with E-state index < -0.39 is 10.2 Å². The van der Waals surface area contributed by atoms with Gasteiger partial charge in [0.15, 0.2) is 0 Å². The van der Waals surface area contributed by atoms with E-state index in [1.54, 1.807) is 18.2 Å². The van der Waals surface area contributed by atoms with Gasteiger partial charge in [0.1, 0.15) is 0 Å². The molecule has 19 heavy (non-hydrogen) atoms. The zero-order valence-electron chi connectivity index (χ0n) is 10.2. The molecule has 0 aromatic heterocycles. The average molecular weight is 350 g/mol. The summed E-state index contributed by atoms with van der Waals surface area (Å²) in [5.41, 5.74) is 0.832. The van der Waals surface area contributed by atoms with Crippen molar-refractivity contribution >= 4 is 43.4 Å². The highest BCUT2D eigenvalue weighted by molar-refractivity contribution is 9.09. The van der Waals surface area contributed by atoms with Gasteiger partial charge in [-0.25, -0.2) is 5.14 Å². The van der Waals surface area contributed by atoms with Gasteiger partial charge in [0.25, 0.3) is 10.2 Å². The number of carbonyl (C=O) groups is 1. The van der Waals surface area contributed by atoms with Crippen LogP contribution in [0, 0.1) is 0 Å². The van der Waals surface area contributed by atoms with Gasteiger partial charge in [0, 0.05) is 17.4 Å². The first-order chi connectivity index (χ1) is 8.90. The summed E-state index contributed by atoms with van der Waals surface area (Å²) < 4.78 is 23.9. The number of carbonyl (C=O) groups excluding carboxylic acids is 1. The molecule has 1 amide bonds. The molecule has 8 heteroatoms. The van der Waals surface area contributed by atoms with Crippen molar-refractivity contribution in [2.75, 3.05) is 15.4 Å². The lowest BCUT2D eigenvalue weighted by Crippen LogP contribution is -2.21. The van der Waals surface area contributed by atoms with Crippen LogP contribution in [0.15, 0.2) is 24.3 Å². The monoisotopic (exact) mass is 349 g/mol. The second-order valence-electron chi connectivity index (χ2n) is 3.92. The van der Waals surface area contributed by atoms with Crippen LogP contribution >= 0.6 is 15.9 Å². The third kappa shape index (κ3) is 7.14. The average Bonchev–Trinajstić information content (AvgIpc) is 2.27. The molecule has 4 N–H and O–H groups in total. The minimum atomic E-state index is -3.81. The summed E-state index contributed by atoms with van der Waals surface area (Å²) in [5.74, 6) is -0.103. The van der Waals surface area contributed by atoms with Gasteiger partial charge in [-0.1, -0.05) is 22.0 Å². The van der Waals surface area contributed by atoms with E-state index >= 15 is 0 Å². The molecule has 0 aliphatic heterocycles. The highest BCUT2D eigenvalue weighted by atomic mass is 79.9. The first-order valence-corrected chi connectivity index (χ1v) is 8.34. The normalized spacial score (nSPS) is 11.1. The fourth-order valence-electron chi connectivity index (χ4n) is 1.43. The predicted molar refractivity (Wildman–Crippen MR) is 79.4 cm³/mol. The third-order valence-corrected chi connectivity index (χ3v) is 3.27. The molecule has 6 nitrogen and oxygen atoms in total. The molecule has 0 aliphatic carbocycles. The molecule has 0 atom stereocenters. The van der Waals surface area contributed by atoms with Gasteiger partial charge >= 0.3 is 0 Å². The Morgan fingerprint density at radius 2 is 1.95 bits per heavy atom. The number of rotatable bonds is 7. The van der Waals surface area contributed by atoms with Gasteiger partial charge in [-0.3, -0.25) is 9.52 Å². The maximum absolute atomic E-state index is 11.6. The largest absolute Gasteiger partial charge is 0.326 e. The number of hydrogen-bond donors (Lipinski definition) is 3. The lowest BCUT2D eigenvalue weighted by atomic mass is 10.2. The zero-order chi connectivity index (χ0) is 14.3. The molecule has 0 fully saturated rings. The Balaban J connectivity index is 2.59. The van der Waals surface area contributed by atoms with Crippen molar-refractivity contribution in [1.82, 2.24) is 0 Å². The van der Waals surface area contributed by atoms with Crippen molar-refractivity contribution in [3.8, 4) is 0 Å². The van der Waals surface area contributed by atoms with Crippen LogP contribution < -0.4 is 15.2 Å². The Bertz CT molecular complexity index is 534. The van der Waals surface area contributed by atoms with Gasteiger partial charge in [-0.05, 0) is 31.0 Å². The van der Waals surface area contributed by atoms with Crippen molar-refractivity contribution in [1.29, 1.82) is 0 Å². The molecular weight excluding hydrogens is 334 g/mol. The van der Waals surface area contributed by atoms with E-state index in [0.29, 0.717) is 17.8 Å². The van der Waals surface area contributed by atoms with Crippen LogP contribution in [-0.2, 0) is 15.0 Å². The van der Waals surface area contributed by atoms with Gasteiger partial charge in [-0.15, -0.1) is 0 Å². The van der Waals surface area contributed by atoms with Gasteiger partial charge in [-0.2, -0.15) is 8.42 Å². The van der Waals surface area contributed by atoms with E-state index in [1.165, 1.54) is 6.07 Å². The summed E-state index contributed by atoms with van der Waals surface area (Å²) >= 11 is 3.30. The SMILES string of the molecule is NS(=O)(=O)Nc1cccc(NC(=O)CCCCBr)c1. The summed E-state index contributed by atoms with van der Waals surface area (Å²) in [6.07, 6.45) is 2.16. The van der Waals surface area contributed by atoms with E-state index in [1.807, 2.05) is 0 Å². The van der Waals surface area contributed by atoms with E-state index in [-0.39, 0.29) is 5.91 Å². The topological polar surface area (TPSA) is 101 Å². The Labute approximate surface area is 121 Å². The molecule has 1 aromatic rings. The Morgan fingerprint density at radius 3 is 2.58 bits per heavy atom. The minimum Gasteiger partial charge on any atom is -0.326 e. The molecule has 0 bridgehead atoms. The lowest BCUT2D eigenvalue weighted by Gasteiger charge is -2.08. The molecule has 0 aliphatic rings. The smallest absolute Gasteiger partial charge is 0.296 e. The molecule has 1 aromatic carbocycles. The predicted octanol–water partition coefficient (Wildman–Crippen LogP) is 1.81. The third-order valence-electron chi connectivity index (χ3n) is 2.19. The van der Waals surface area contributed by atoms with Crippen molar-refractivity contribution in [2.45, 2.75) is 19.3 Å². The van der Waals surface area contributed by atoms with Crippen molar-refractivity contribution < 1.29 is 13.2 Å². The van der Waals surface area contributed by atoms with Crippen molar-refractivity contribution in [2.24, 2.45) is 5.14 Å².